The molecule has 0 saturated carbocycles. The molecule has 0 bridgehead atoms. The number of rotatable bonds is 24. The lowest BCUT2D eigenvalue weighted by molar-refractivity contribution is -0.172. The molecular formula is C54H65ClN8O12S2. The molecule has 8 rings (SSSR count). The highest BCUT2D eigenvalue weighted by Crippen LogP contribution is 2.40. The fourth-order valence-electron chi connectivity index (χ4n) is 8.80. The van der Waals surface area contributed by atoms with Crippen LogP contribution in [-0.2, 0) is 59.2 Å². The fraction of sp³-hybridized carbons (Fsp3) is 0.463. The van der Waals surface area contributed by atoms with Crippen LogP contribution in [0.4, 0.5) is 0 Å². The summed E-state index contributed by atoms with van der Waals surface area (Å²) >= 11 is 7.90. The highest BCUT2D eigenvalue weighted by molar-refractivity contribution is 7.89. The highest BCUT2D eigenvalue weighted by atomic mass is 35.5. The molecule has 412 valence electrons. The summed E-state index contributed by atoms with van der Waals surface area (Å²) < 4.78 is 72.8. The molecule has 4 aromatic heterocycles. The van der Waals surface area contributed by atoms with E-state index in [1.54, 1.807) is 74.2 Å². The maximum atomic E-state index is 14.4. The third kappa shape index (κ3) is 14.0. The van der Waals surface area contributed by atoms with Crippen molar-refractivity contribution < 1.29 is 56.0 Å². The van der Waals surface area contributed by atoms with Crippen molar-refractivity contribution in [2.24, 2.45) is 10.4 Å². The number of amides is 1. The zero-order valence-electron chi connectivity index (χ0n) is 44.3. The number of nitrogens with zero attached hydrogens (tertiary/aromatic N) is 7. The lowest BCUT2D eigenvalue weighted by Crippen LogP contribution is -2.40. The van der Waals surface area contributed by atoms with Gasteiger partial charge in [0.25, 0.3) is 0 Å². The SMILES string of the molecule is COC1CCN(S(=O)(=O)c2cc(OCCOCCOCCOCCNC(=O)C[C@@H]3N=C(c4ccc(Cl)cc4)c4c(sc(C)c4C)-n4c(C)nnc43)ccc2-c2ccn3ncc(CC(=O)OCOC(=O)C(C)(C)C)c3c2)CC1. The Morgan fingerprint density at radius 3 is 2.26 bits per heavy atom. The molecule has 1 N–H and O–H groups in total. The van der Waals surface area contributed by atoms with Crippen LogP contribution in [0.3, 0.4) is 0 Å². The smallest absolute Gasteiger partial charge is 0.314 e. The number of piperidine rings is 1. The minimum Gasteiger partial charge on any atom is -0.491 e. The van der Waals surface area contributed by atoms with E-state index in [2.05, 4.69) is 34.5 Å². The van der Waals surface area contributed by atoms with Gasteiger partial charge in [0, 0.05) is 71.2 Å². The number of thiophene rings is 1. The second-order valence-electron chi connectivity index (χ2n) is 19.5. The van der Waals surface area contributed by atoms with Crippen LogP contribution < -0.4 is 10.1 Å². The number of esters is 2. The Balaban J connectivity index is 0.784. The summed E-state index contributed by atoms with van der Waals surface area (Å²) in [7, 11) is -2.39. The van der Waals surface area contributed by atoms with Crippen molar-refractivity contribution in [3.63, 3.8) is 0 Å². The number of aromatic nitrogens is 5. The van der Waals surface area contributed by atoms with Gasteiger partial charge in [-0.2, -0.15) is 9.40 Å². The van der Waals surface area contributed by atoms with Crippen LogP contribution in [0.2, 0.25) is 5.02 Å². The van der Waals surface area contributed by atoms with E-state index in [4.69, 9.17) is 49.8 Å². The number of nitrogens with one attached hydrogen (secondary N) is 1. The summed E-state index contributed by atoms with van der Waals surface area (Å²) in [5.41, 5.74) is 5.17. The number of ether oxygens (including phenoxy) is 7. The van der Waals surface area contributed by atoms with Crippen molar-refractivity contribution in [1.82, 2.24) is 34.0 Å². The number of halogens is 1. The molecule has 20 nitrogen and oxygen atoms in total. The number of sulfonamides is 1. The largest absolute Gasteiger partial charge is 0.491 e. The predicted molar refractivity (Wildman–Crippen MR) is 288 cm³/mol. The normalized spacial score (nSPS) is 15.2. The first kappa shape index (κ1) is 57.1. The van der Waals surface area contributed by atoms with E-state index in [0.29, 0.717) is 97.7 Å². The van der Waals surface area contributed by atoms with E-state index in [0.717, 1.165) is 38.1 Å². The van der Waals surface area contributed by atoms with Gasteiger partial charge in [-0.3, -0.25) is 23.9 Å². The first-order chi connectivity index (χ1) is 36.9. The van der Waals surface area contributed by atoms with Crippen LogP contribution in [0.25, 0.3) is 21.6 Å². The van der Waals surface area contributed by atoms with Gasteiger partial charge in [-0.15, -0.1) is 21.5 Å². The van der Waals surface area contributed by atoms with Crippen LogP contribution in [0, 0.1) is 26.2 Å². The summed E-state index contributed by atoms with van der Waals surface area (Å²) in [5.74, 6) is 0.351. The van der Waals surface area contributed by atoms with Crippen LogP contribution in [0.15, 0.2) is 76.9 Å². The lowest BCUT2D eigenvalue weighted by atomic mass is 9.98. The van der Waals surface area contributed by atoms with Crippen molar-refractivity contribution in [2.45, 2.75) is 84.3 Å². The number of aliphatic imine (C=N–C) groups is 1. The maximum Gasteiger partial charge on any atom is 0.314 e. The van der Waals surface area contributed by atoms with Gasteiger partial charge in [-0.1, -0.05) is 23.7 Å². The summed E-state index contributed by atoms with van der Waals surface area (Å²) in [6, 6.07) is 15.4. The fourth-order valence-corrected chi connectivity index (χ4v) is 11.8. The number of carbonyl (C=O) groups is 3. The van der Waals surface area contributed by atoms with Crippen molar-refractivity contribution in [1.29, 1.82) is 0 Å². The van der Waals surface area contributed by atoms with Gasteiger partial charge in [0.15, 0.2) is 5.82 Å². The molecule has 2 aromatic carbocycles. The number of pyridine rings is 1. The summed E-state index contributed by atoms with van der Waals surface area (Å²) in [6.07, 6.45) is 4.23. The molecule has 6 aromatic rings. The number of methoxy groups -OCH3 is 1. The van der Waals surface area contributed by atoms with Crippen molar-refractivity contribution in [3.05, 3.63) is 111 Å². The van der Waals surface area contributed by atoms with Crippen molar-refractivity contribution >= 4 is 62.0 Å². The number of hydrogen-bond acceptors (Lipinski definition) is 17. The Hall–Kier alpha value is -6.11. The third-order valence-corrected chi connectivity index (χ3v) is 16.5. The van der Waals surface area contributed by atoms with Crippen molar-refractivity contribution in [2.75, 3.05) is 79.8 Å². The van der Waals surface area contributed by atoms with E-state index < -0.39 is 40.2 Å². The van der Waals surface area contributed by atoms with Gasteiger partial charge < -0.3 is 38.5 Å². The van der Waals surface area contributed by atoms with Crippen molar-refractivity contribution in [3.8, 4) is 21.9 Å². The Morgan fingerprint density at radius 2 is 1.56 bits per heavy atom. The summed E-state index contributed by atoms with van der Waals surface area (Å²) in [5, 5.41) is 17.8. The average molecular weight is 1120 g/mol. The highest BCUT2D eigenvalue weighted by Gasteiger charge is 2.34. The molecule has 0 aliphatic carbocycles. The van der Waals surface area contributed by atoms with E-state index in [-0.39, 0.29) is 49.6 Å². The minimum absolute atomic E-state index is 0.0296. The third-order valence-electron chi connectivity index (χ3n) is 13.1. The molecule has 6 heterocycles. The number of hydrogen-bond donors (Lipinski definition) is 1. The van der Waals surface area contributed by atoms with Crippen LogP contribution in [0.1, 0.15) is 84.9 Å². The molecule has 1 saturated heterocycles. The molecule has 0 radical (unpaired) electrons. The molecular weight excluding hydrogens is 1050 g/mol. The number of fused-ring (bicyclic) bond motifs is 4. The number of aryl methyl sites for hydroxylation is 2. The van der Waals surface area contributed by atoms with Gasteiger partial charge in [0.1, 0.15) is 29.2 Å². The minimum atomic E-state index is -4.01. The molecule has 0 unspecified atom stereocenters. The Bertz CT molecular complexity index is 3200. The van der Waals surface area contributed by atoms with E-state index in [1.165, 1.54) is 16.6 Å². The van der Waals surface area contributed by atoms with Crippen LogP contribution in [0.5, 0.6) is 5.75 Å². The predicted octanol–water partition coefficient (Wildman–Crippen LogP) is 7.18. The van der Waals surface area contributed by atoms with Crippen LogP contribution >= 0.6 is 22.9 Å². The van der Waals surface area contributed by atoms with Gasteiger partial charge in [0.2, 0.25) is 22.7 Å². The molecule has 77 heavy (non-hydrogen) atoms. The molecule has 23 heteroatoms. The van der Waals surface area contributed by atoms with Gasteiger partial charge in [0.05, 0.1) is 86.3 Å². The molecule has 2 aliphatic rings. The first-order valence-corrected chi connectivity index (χ1v) is 28.0. The molecule has 2 aliphatic heterocycles. The topological polar surface area (TPSA) is 226 Å². The van der Waals surface area contributed by atoms with Gasteiger partial charge in [-0.25, -0.2) is 12.9 Å². The Kier molecular flexibility index (Phi) is 19.0. The monoisotopic (exact) mass is 1120 g/mol. The molecule has 1 atom stereocenters. The zero-order valence-corrected chi connectivity index (χ0v) is 46.7. The Labute approximate surface area is 457 Å². The standard InChI is InChI=1S/C54H65ClN8O12S2/c1-34-35(2)76-52-49(34)50(37-8-10-40(55)11-9-37)58-44(51-60-59-36(3)63(51)52)31-47(64)56-17-21-70-22-23-71-24-25-72-26-27-73-42-12-13-43(46(30-42)77(67,68)61-18-15-41(69-7)16-19-61)38-14-20-62-45(28-38)39(32-57-62)29-48(65)74-33-75-53(66)54(4,5)6/h8-14,20,28,30,32,41,44H,15-19,21-27,29,31,33H2,1-7H3,(H,56,64)/t44-/m0/s1. The van der Waals surface area contributed by atoms with Gasteiger partial charge >= 0.3 is 11.9 Å². The number of carbonyl (C=O) groups excluding carboxylic acids is 3. The second-order valence-corrected chi connectivity index (χ2v) is 23.1. The molecule has 0 spiro atoms. The average Bonchev–Trinajstić information content (AvgIpc) is 4.08. The van der Waals surface area contributed by atoms with E-state index in [1.807, 2.05) is 35.8 Å². The quantitative estimate of drug-likeness (QED) is 0.0360. The zero-order chi connectivity index (χ0) is 54.9. The van der Waals surface area contributed by atoms with E-state index in [9.17, 15) is 22.8 Å². The first-order valence-electron chi connectivity index (χ1n) is 25.4. The summed E-state index contributed by atoms with van der Waals surface area (Å²) in [6.45, 7) is 13.4. The van der Waals surface area contributed by atoms with Gasteiger partial charge in [-0.05, 0) is 102 Å². The lowest BCUT2D eigenvalue weighted by Gasteiger charge is -2.31. The maximum absolute atomic E-state index is 14.4. The van der Waals surface area contributed by atoms with E-state index >= 15 is 0 Å². The Morgan fingerprint density at radius 1 is 0.857 bits per heavy atom. The summed E-state index contributed by atoms with van der Waals surface area (Å²) in [4.78, 5) is 44.6. The molecule has 1 fully saturated rings. The second kappa shape index (κ2) is 25.6. The van der Waals surface area contributed by atoms with Crippen LogP contribution in [-0.4, -0.2) is 147 Å². The number of benzene rings is 2. The molecule has 1 amide bonds.